The van der Waals surface area contributed by atoms with E-state index in [0.29, 0.717) is 12.6 Å². The zero-order valence-electron chi connectivity index (χ0n) is 12.8. The number of rotatable bonds is 4. The minimum absolute atomic E-state index is 0.0161. The molecule has 0 aromatic heterocycles. The van der Waals surface area contributed by atoms with Crippen LogP contribution in [0.3, 0.4) is 0 Å². The van der Waals surface area contributed by atoms with Gasteiger partial charge in [0.1, 0.15) is 5.82 Å². The molecule has 4 heteroatoms. The van der Waals surface area contributed by atoms with Gasteiger partial charge in [-0.1, -0.05) is 24.6 Å². The normalized spacial score (nSPS) is 22.9. The zero-order chi connectivity index (χ0) is 14.7. The fourth-order valence-electron chi connectivity index (χ4n) is 3.09. The van der Waals surface area contributed by atoms with Crippen molar-refractivity contribution in [2.75, 3.05) is 33.2 Å². The molecule has 2 rings (SSSR count). The lowest BCUT2D eigenvalue weighted by molar-refractivity contribution is 0.0633. The van der Waals surface area contributed by atoms with Gasteiger partial charge in [0.15, 0.2) is 0 Å². The van der Waals surface area contributed by atoms with Crippen molar-refractivity contribution >= 4 is 0 Å². The Morgan fingerprint density at radius 3 is 2.80 bits per heavy atom. The van der Waals surface area contributed by atoms with Crippen LogP contribution in [-0.2, 0) is 0 Å². The number of piperazine rings is 1. The van der Waals surface area contributed by atoms with E-state index in [1.165, 1.54) is 0 Å². The molecule has 3 nitrogen and oxygen atoms in total. The number of hydrogen-bond donors (Lipinski definition) is 1. The molecule has 1 aromatic carbocycles. The third-order valence-corrected chi connectivity index (χ3v) is 4.45. The maximum Gasteiger partial charge on any atom is 0.128 e. The van der Waals surface area contributed by atoms with Crippen molar-refractivity contribution in [3.8, 4) is 0 Å². The Labute approximate surface area is 121 Å². The highest BCUT2D eigenvalue weighted by molar-refractivity contribution is 5.27. The van der Waals surface area contributed by atoms with Crippen LogP contribution in [-0.4, -0.2) is 49.1 Å². The maximum absolute atomic E-state index is 14.1. The minimum Gasteiger partial charge on any atom is -0.329 e. The molecule has 0 aliphatic carbocycles. The second-order valence-corrected chi connectivity index (χ2v) is 5.81. The number of benzene rings is 1. The Balaban J connectivity index is 2.21. The van der Waals surface area contributed by atoms with Crippen LogP contribution in [0.1, 0.15) is 30.5 Å². The van der Waals surface area contributed by atoms with E-state index >= 15 is 0 Å². The maximum atomic E-state index is 14.1. The lowest BCUT2D eigenvalue weighted by atomic mass is 9.99. The van der Waals surface area contributed by atoms with Crippen LogP contribution in [0.4, 0.5) is 4.39 Å². The third kappa shape index (κ3) is 3.19. The lowest BCUT2D eigenvalue weighted by Crippen LogP contribution is -2.53. The van der Waals surface area contributed by atoms with Gasteiger partial charge >= 0.3 is 0 Å². The zero-order valence-corrected chi connectivity index (χ0v) is 12.8. The highest BCUT2D eigenvalue weighted by atomic mass is 19.1. The van der Waals surface area contributed by atoms with E-state index in [9.17, 15) is 4.39 Å². The first-order valence-electron chi connectivity index (χ1n) is 7.47. The van der Waals surface area contributed by atoms with Crippen molar-refractivity contribution in [3.05, 3.63) is 35.1 Å². The summed E-state index contributed by atoms with van der Waals surface area (Å²) in [5.41, 5.74) is 7.78. The Hall–Kier alpha value is -0.970. The molecule has 1 aliphatic rings. The van der Waals surface area contributed by atoms with Gasteiger partial charge in [0.25, 0.3) is 0 Å². The highest BCUT2D eigenvalue weighted by Crippen LogP contribution is 2.26. The van der Waals surface area contributed by atoms with Gasteiger partial charge in [-0.3, -0.25) is 4.90 Å². The number of likely N-dealkylation sites (N-methyl/N-ethyl adjacent to an activating group) is 1. The standard InChI is InChI=1S/C16H26FN3/c1-4-13-11-20(8-7-19(13)3)16(10-18)14-9-12(2)5-6-15(14)17/h5-6,9,13,16H,4,7-8,10-11,18H2,1-3H3. The van der Waals surface area contributed by atoms with E-state index in [0.717, 1.165) is 37.2 Å². The molecule has 0 saturated carbocycles. The van der Waals surface area contributed by atoms with E-state index in [1.54, 1.807) is 6.07 Å². The average Bonchev–Trinajstić information content (AvgIpc) is 2.45. The Bertz CT molecular complexity index is 449. The van der Waals surface area contributed by atoms with Crippen LogP contribution < -0.4 is 5.73 Å². The lowest BCUT2D eigenvalue weighted by Gasteiger charge is -2.42. The summed E-state index contributed by atoms with van der Waals surface area (Å²) in [6, 6.07) is 5.82. The summed E-state index contributed by atoms with van der Waals surface area (Å²) in [6.07, 6.45) is 1.11. The fourth-order valence-corrected chi connectivity index (χ4v) is 3.09. The summed E-state index contributed by atoms with van der Waals surface area (Å²) in [5.74, 6) is -0.141. The van der Waals surface area contributed by atoms with Crippen molar-refractivity contribution < 1.29 is 4.39 Å². The van der Waals surface area contributed by atoms with E-state index in [4.69, 9.17) is 5.73 Å². The largest absolute Gasteiger partial charge is 0.329 e. The third-order valence-electron chi connectivity index (χ3n) is 4.45. The van der Waals surface area contributed by atoms with E-state index in [2.05, 4.69) is 23.8 Å². The quantitative estimate of drug-likeness (QED) is 0.917. The smallest absolute Gasteiger partial charge is 0.128 e. The van der Waals surface area contributed by atoms with Crippen LogP contribution in [0.25, 0.3) is 0 Å². The molecule has 2 unspecified atom stereocenters. The summed E-state index contributed by atoms with van der Waals surface area (Å²) in [7, 11) is 2.16. The fraction of sp³-hybridized carbons (Fsp3) is 0.625. The summed E-state index contributed by atoms with van der Waals surface area (Å²) in [6.45, 7) is 7.58. The SMILES string of the molecule is CCC1CN(C(CN)c2cc(C)ccc2F)CCN1C. The average molecular weight is 279 g/mol. The number of nitrogens with two attached hydrogens (primary N) is 1. The summed E-state index contributed by atoms with van der Waals surface area (Å²) >= 11 is 0. The van der Waals surface area contributed by atoms with Crippen molar-refractivity contribution in [1.29, 1.82) is 0 Å². The molecule has 0 amide bonds. The molecule has 0 spiro atoms. The van der Waals surface area contributed by atoms with Gasteiger partial charge in [-0.25, -0.2) is 4.39 Å². The van der Waals surface area contributed by atoms with E-state index in [-0.39, 0.29) is 11.9 Å². The molecule has 2 N–H and O–H groups in total. The molecular weight excluding hydrogens is 253 g/mol. The Kier molecular flexibility index (Phi) is 5.13. The van der Waals surface area contributed by atoms with Gasteiger partial charge in [-0.05, 0) is 26.5 Å². The van der Waals surface area contributed by atoms with Crippen molar-refractivity contribution in [2.45, 2.75) is 32.4 Å². The van der Waals surface area contributed by atoms with Crippen LogP contribution in [0.2, 0.25) is 0 Å². The van der Waals surface area contributed by atoms with Crippen LogP contribution in [0.5, 0.6) is 0 Å². The Morgan fingerprint density at radius 2 is 2.15 bits per heavy atom. The summed E-state index contributed by atoms with van der Waals surface area (Å²) < 4.78 is 14.1. The molecule has 20 heavy (non-hydrogen) atoms. The first kappa shape index (κ1) is 15.4. The molecule has 0 bridgehead atoms. The summed E-state index contributed by atoms with van der Waals surface area (Å²) in [4.78, 5) is 4.72. The molecule has 1 aromatic rings. The number of hydrogen-bond acceptors (Lipinski definition) is 3. The molecule has 1 heterocycles. The van der Waals surface area contributed by atoms with Gasteiger partial charge in [-0.15, -0.1) is 0 Å². The Morgan fingerprint density at radius 1 is 1.40 bits per heavy atom. The molecule has 112 valence electrons. The predicted molar refractivity (Wildman–Crippen MR) is 81.2 cm³/mol. The number of nitrogens with zero attached hydrogens (tertiary/aromatic N) is 2. The molecular formula is C16H26FN3. The topological polar surface area (TPSA) is 32.5 Å². The first-order chi connectivity index (χ1) is 9.56. The molecule has 1 saturated heterocycles. The molecule has 2 atom stereocenters. The number of halogens is 1. The van der Waals surface area contributed by atoms with Gasteiger partial charge in [0.2, 0.25) is 0 Å². The monoisotopic (exact) mass is 279 g/mol. The van der Waals surface area contributed by atoms with Crippen molar-refractivity contribution in [2.24, 2.45) is 5.73 Å². The minimum atomic E-state index is -0.141. The van der Waals surface area contributed by atoms with E-state index in [1.807, 2.05) is 19.1 Å². The van der Waals surface area contributed by atoms with Crippen molar-refractivity contribution in [3.63, 3.8) is 0 Å². The molecule has 1 aliphatic heterocycles. The number of aryl methyl sites for hydroxylation is 1. The second kappa shape index (κ2) is 6.66. The van der Waals surface area contributed by atoms with E-state index < -0.39 is 0 Å². The van der Waals surface area contributed by atoms with Crippen LogP contribution in [0, 0.1) is 12.7 Å². The molecule has 1 fully saturated rings. The van der Waals surface area contributed by atoms with Gasteiger partial charge in [-0.2, -0.15) is 0 Å². The first-order valence-corrected chi connectivity index (χ1v) is 7.47. The van der Waals surface area contributed by atoms with Crippen LogP contribution in [0.15, 0.2) is 18.2 Å². The predicted octanol–water partition coefficient (Wildman–Crippen LogP) is 2.16. The van der Waals surface area contributed by atoms with Crippen molar-refractivity contribution in [1.82, 2.24) is 9.80 Å². The highest BCUT2D eigenvalue weighted by Gasteiger charge is 2.29. The van der Waals surface area contributed by atoms with Gasteiger partial charge in [0, 0.05) is 37.8 Å². The van der Waals surface area contributed by atoms with Crippen LogP contribution >= 0.6 is 0 Å². The summed E-state index contributed by atoms with van der Waals surface area (Å²) in [5, 5.41) is 0. The second-order valence-electron chi connectivity index (χ2n) is 5.81. The molecule has 0 radical (unpaired) electrons. The van der Waals surface area contributed by atoms with Gasteiger partial charge < -0.3 is 10.6 Å². The van der Waals surface area contributed by atoms with Gasteiger partial charge in [0.05, 0.1) is 6.04 Å².